The number of anilines is 1. The lowest BCUT2D eigenvalue weighted by Gasteiger charge is -2.09. The number of hydrogen-bond donors (Lipinski definition) is 2. The highest BCUT2D eigenvalue weighted by Gasteiger charge is 2.15. The fraction of sp³-hybridized carbons (Fsp3) is 0.176. The summed E-state index contributed by atoms with van der Waals surface area (Å²) in [6.07, 6.45) is 0.174. The van der Waals surface area contributed by atoms with E-state index in [0.29, 0.717) is 12.3 Å². The second-order valence-electron chi connectivity index (χ2n) is 4.77. The highest BCUT2D eigenvalue weighted by atomic mass is 35.5. The molecule has 0 fully saturated rings. The van der Waals surface area contributed by atoms with Crippen LogP contribution in [0.3, 0.4) is 0 Å². The van der Waals surface area contributed by atoms with E-state index in [0.717, 1.165) is 5.56 Å². The first-order valence-corrected chi connectivity index (χ1v) is 7.42. The van der Waals surface area contributed by atoms with Gasteiger partial charge in [-0.15, -0.1) is 0 Å². The molecule has 120 valence electrons. The molecule has 0 saturated carbocycles. The first kappa shape index (κ1) is 16.8. The third kappa shape index (κ3) is 4.47. The van der Waals surface area contributed by atoms with Crippen LogP contribution in [0.5, 0.6) is 5.75 Å². The average molecular weight is 334 g/mol. The molecule has 5 nitrogen and oxygen atoms in total. The fourth-order valence-corrected chi connectivity index (χ4v) is 2.27. The normalized spacial score (nSPS) is 10.2. The predicted octanol–water partition coefficient (Wildman–Crippen LogP) is 3.40. The number of carbonyl (C=O) groups excluding carboxylic acids is 2. The quantitative estimate of drug-likeness (QED) is 0.822. The first-order chi connectivity index (χ1) is 11.0. The van der Waals surface area contributed by atoms with Gasteiger partial charge in [0.05, 0.1) is 18.1 Å². The van der Waals surface area contributed by atoms with E-state index in [-0.39, 0.29) is 28.7 Å². The Morgan fingerprint density at radius 1 is 1.17 bits per heavy atom. The minimum atomic E-state index is -0.508. The van der Waals surface area contributed by atoms with E-state index in [1.807, 2.05) is 0 Å². The van der Waals surface area contributed by atoms with Gasteiger partial charge in [-0.05, 0) is 36.8 Å². The molecule has 0 spiro atoms. The summed E-state index contributed by atoms with van der Waals surface area (Å²) >= 11 is 5.93. The molecule has 0 heterocycles. The maximum atomic E-state index is 12.2. The molecule has 0 radical (unpaired) electrons. The third-order valence-corrected chi connectivity index (χ3v) is 3.40. The largest absolute Gasteiger partial charge is 0.507 e. The summed E-state index contributed by atoms with van der Waals surface area (Å²) in [7, 11) is 0. The summed E-state index contributed by atoms with van der Waals surface area (Å²) in [6.45, 7) is 2.09. The van der Waals surface area contributed by atoms with Gasteiger partial charge in [0.2, 0.25) is 0 Å². The van der Waals surface area contributed by atoms with Gasteiger partial charge >= 0.3 is 5.97 Å². The smallest absolute Gasteiger partial charge is 0.310 e. The van der Waals surface area contributed by atoms with Crippen LogP contribution in [0.25, 0.3) is 0 Å². The fourth-order valence-electron chi connectivity index (χ4n) is 2.02. The summed E-state index contributed by atoms with van der Waals surface area (Å²) in [6, 6.07) is 11.2. The Morgan fingerprint density at radius 3 is 2.48 bits per heavy atom. The molecule has 2 aromatic carbocycles. The average Bonchev–Trinajstić information content (AvgIpc) is 2.49. The molecular weight excluding hydrogens is 318 g/mol. The molecule has 1 amide bonds. The van der Waals surface area contributed by atoms with Crippen molar-refractivity contribution in [2.24, 2.45) is 0 Å². The molecule has 0 atom stereocenters. The number of halogens is 1. The number of ether oxygens (including phenoxy) is 1. The van der Waals surface area contributed by atoms with Crippen molar-refractivity contribution in [1.82, 2.24) is 0 Å². The Balaban J connectivity index is 2.06. The zero-order valence-electron chi connectivity index (χ0n) is 12.5. The Hall–Kier alpha value is -2.53. The number of phenolic OH excluding ortho intramolecular Hbond substituents is 1. The molecule has 0 aliphatic carbocycles. The number of aromatic hydroxyl groups is 1. The Labute approximate surface area is 138 Å². The van der Waals surface area contributed by atoms with Gasteiger partial charge in [-0.25, -0.2) is 0 Å². The lowest BCUT2D eigenvalue weighted by Crippen LogP contribution is -2.13. The number of carbonyl (C=O) groups is 2. The number of nitrogens with one attached hydrogen (secondary N) is 1. The van der Waals surface area contributed by atoms with Crippen LogP contribution >= 0.6 is 11.6 Å². The Bertz CT molecular complexity index is 693. The van der Waals surface area contributed by atoms with Crippen LogP contribution < -0.4 is 5.32 Å². The lowest BCUT2D eigenvalue weighted by atomic mass is 10.1. The van der Waals surface area contributed by atoms with E-state index >= 15 is 0 Å². The zero-order chi connectivity index (χ0) is 16.8. The zero-order valence-corrected chi connectivity index (χ0v) is 13.3. The maximum absolute atomic E-state index is 12.2. The number of esters is 1. The molecule has 0 aliphatic heterocycles. The first-order valence-electron chi connectivity index (χ1n) is 7.04. The summed E-state index contributed by atoms with van der Waals surface area (Å²) in [4.78, 5) is 23.6. The maximum Gasteiger partial charge on any atom is 0.310 e. The van der Waals surface area contributed by atoms with Crippen LogP contribution in [0.4, 0.5) is 5.69 Å². The molecular formula is C17H16ClNO4. The summed E-state index contributed by atoms with van der Waals surface area (Å²) in [5.41, 5.74) is 1.33. The van der Waals surface area contributed by atoms with Gasteiger partial charge in [0, 0.05) is 5.69 Å². The van der Waals surface area contributed by atoms with Gasteiger partial charge in [0.25, 0.3) is 5.91 Å². The Morgan fingerprint density at radius 2 is 1.87 bits per heavy atom. The second kappa shape index (κ2) is 7.65. The highest BCUT2D eigenvalue weighted by Crippen LogP contribution is 2.26. The molecule has 2 rings (SSSR count). The summed E-state index contributed by atoms with van der Waals surface area (Å²) in [5.74, 6) is -0.995. The third-order valence-electron chi connectivity index (χ3n) is 3.08. The number of rotatable bonds is 5. The molecule has 0 bridgehead atoms. The molecule has 0 aromatic heterocycles. The molecule has 2 N–H and O–H groups in total. The van der Waals surface area contributed by atoms with Crippen molar-refractivity contribution in [3.63, 3.8) is 0 Å². The lowest BCUT2D eigenvalue weighted by molar-refractivity contribution is -0.142. The van der Waals surface area contributed by atoms with Crippen molar-refractivity contribution in [2.45, 2.75) is 13.3 Å². The van der Waals surface area contributed by atoms with Gasteiger partial charge in [-0.2, -0.15) is 0 Å². The molecule has 6 heteroatoms. The van der Waals surface area contributed by atoms with Crippen molar-refractivity contribution >= 4 is 29.2 Å². The van der Waals surface area contributed by atoms with Crippen molar-refractivity contribution in [3.8, 4) is 5.75 Å². The Kier molecular flexibility index (Phi) is 5.60. The van der Waals surface area contributed by atoms with E-state index in [9.17, 15) is 14.7 Å². The van der Waals surface area contributed by atoms with E-state index in [2.05, 4.69) is 5.32 Å². The molecule has 23 heavy (non-hydrogen) atoms. The topological polar surface area (TPSA) is 75.6 Å². The van der Waals surface area contributed by atoms with Crippen molar-refractivity contribution in [2.75, 3.05) is 11.9 Å². The standard InChI is InChI=1S/C17H16ClNO4/c1-2-23-15(21)10-11-6-8-12(9-7-11)19-17(22)16-13(18)4-3-5-14(16)20/h3-9,20H,2,10H2,1H3,(H,19,22). The number of amides is 1. The SMILES string of the molecule is CCOC(=O)Cc1ccc(NC(=O)c2c(O)cccc2Cl)cc1. The minimum absolute atomic E-state index is 0.0183. The van der Waals surface area contributed by atoms with E-state index in [1.165, 1.54) is 12.1 Å². The van der Waals surface area contributed by atoms with Crippen LogP contribution in [0.2, 0.25) is 5.02 Å². The molecule has 2 aromatic rings. The van der Waals surface area contributed by atoms with Gasteiger partial charge in [0.1, 0.15) is 11.3 Å². The van der Waals surface area contributed by atoms with Crippen molar-refractivity contribution < 1.29 is 19.4 Å². The van der Waals surface area contributed by atoms with Gasteiger partial charge < -0.3 is 15.2 Å². The predicted molar refractivity (Wildman–Crippen MR) is 87.8 cm³/mol. The van der Waals surface area contributed by atoms with Crippen LogP contribution in [-0.2, 0) is 16.0 Å². The van der Waals surface area contributed by atoms with E-state index < -0.39 is 5.91 Å². The molecule has 0 unspecified atom stereocenters. The molecule has 0 aliphatic rings. The highest BCUT2D eigenvalue weighted by molar-refractivity contribution is 6.34. The number of phenols is 1. The second-order valence-corrected chi connectivity index (χ2v) is 5.17. The van der Waals surface area contributed by atoms with Gasteiger partial charge in [-0.3, -0.25) is 9.59 Å². The number of hydrogen-bond acceptors (Lipinski definition) is 4. The van der Waals surface area contributed by atoms with Gasteiger partial charge in [-0.1, -0.05) is 29.8 Å². The van der Waals surface area contributed by atoms with Crippen molar-refractivity contribution in [1.29, 1.82) is 0 Å². The number of benzene rings is 2. The van der Waals surface area contributed by atoms with Gasteiger partial charge in [0.15, 0.2) is 0 Å². The van der Waals surface area contributed by atoms with E-state index in [4.69, 9.17) is 16.3 Å². The molecule has 0 saturated heterocycles. The van der Waals surface area contributed by atoms with Crippen LogP contribution in [0.15, 0.2) is 42.5 Å². The monoisotopic (exact) mass is 333 g/mol. The van der Waals surface area contributed by atoms with Crippen LogP contribution in [0, 0.1) is 0 Å². The van der Waals surface area contributed by atoms with Crippen LogP contribution in [-0.4, -0.2) is 23.6 Å². The summed E-state index contributed by atoms with van der Waals surface area (Å²) < 4.78 is 4.87. The van der Waals surface area contributed by atoms with Crippen molar-refractivity contribution in [3.05, 3.63) is 58.6 Å². The minimum Gasteiger partial charge on any atom is -0.507 e. The summed E-state index contributed by atoms with van der Waals surface area (Å²) in [5, 5.41) is 12.6. The van der Waals surface area contributed by atoms with Crippen LogP contribution in [0.1, 0.15) is 22.8 Å². The van der Waals surface area contributed by atoms with E-state index in [1.54, 1.807) is 37.3 Å².